The molecule has 1 amide bonds. The van der Waals surface area contributed by atoms with E-state index in [0.29, 0.717) is 30.7 Å². The number of phenols is 1. The summed E-state index contributed by atoms with van der Waals surface area (Å²) < 4.78 is 5.35. The van der Waals surface area contributed by atoms with Crippen LogP contribution in [0.5, 0.6) is 5.75 Å². The molecule has 7 heteroatoms. The van der Waals surface area contributed by atoms with Crippen molar-refractivity contribution in [2.75, 3.05) is 26.2 Å². The molecule has 6 rings (SSSR count). The number of carbonyl (C=O) groups excluding carboxylic acids is 2. The molecule has 2 saturated carbocycles. The number of H-pyrrole nitrogens is 1. The van der Waals surface area contributed by atoms with E-state index in [1.165, 1.54) is 6.42 Å². The van der Waals surface area contributed by atoms with Crippen LogP contribution in [0.1, 0.15) is 61.5 Å². The third-order valence-electron chi connectivity index (χ3n) is 9.33. The SMILES string of the molecule is CCOC(=O)/C=C1\[C@@H]2CCC[C@@]1(c1cccc(O)c1)CCN2C[C@@H]1C[C@H]1CCNC(=O)c1cc2ccccc2[nH]1. The Labute approximate surface area is 235 Å². The first kappa shape index (κ1) is 26.6. The van der Waals surface area contributed by atoms with Gasteiger partial charge in [-0.1, -0.05) is 36.8 Å². The minimum absolute atomic E-state index is 0.0522. The normalized spacial score (nSPS) is 27.0. The molecule has 2 bridgehead atoms. The number of benzene rings is 2. The Hall–Kier alpha value is -3.58. The fraction of sp³-hybridized carbons (Fsp3) is 0.455. The van der Waals surface area contributed by atoms with Crippen molar-refractivity contribution in [1.29, 1.82) is 0 Å². The van der Waals surface area contributed by atoms with Crippen LogP contribution in [-0.4, -0.2) is 59.1 Å². The van der Waals surface area contributed by atoms with Gasteiger partial charge >= 0.3 is 5.97 Å². The lowest BCUT2D eigenvalue weighted by molar-refractivity contribution is -0.137. The lowest BCUT2D eigenvalue weighted by Crippen LogP contribution is -2.54. The molecule has 7 nitrogen and oxygen atoms in total. The van der Waals surface area contributed by atoms with Crippen molar-refractivity contribution in [1.82, 2.24) is 15.2 Å². The minimum Gasteiger partial charge on any atom is -0.508 e. The van der Waals surface area contributed by atoms with E-state index in [9.17, 15) is 14.7 Å². The van der Waals surface area contributed by atoms with Gasteiger partial charge in [0.25, 0.3) is 5.91 Å². The van der Waals surface area contributed by atoms with Gasteiger partial charge in [-0.05, 0) is 92.8 Å². The molecule has 2 aliphatic carbocycles. The van der Waals surface area contributed by atoms with E-state index in [1.807, 2.05) is 49.4 Å². The summed E-state index contributed by atoms with van der Waals surface area (Å²) in [5.74, 6) is 1.17. The molecule has 0 unspecified atom stereocenters. The van der Waals surface area contributed by atoms with Crippen LogP contribution in [0.4, 0.5) is 0 Å². The average molecular weight is 542 g/mol. The molecule has 2 heterocycles. The van der Waals surface area contributed by atoms with E-state index in [1.54, 1.807) is 12.1 Å². The van der Waals surface area contributed by atoms with Crippen LogP contribution in [0.2, 0.25) is 0 Å². The summed E-state index contributed by atoms with van der Waals surface area (Å²) in [5, 5.41) is 14.4. The van der Waals surface area contributed by atoms with Crippen molar-refractivity contribution in [3.8, 4) is 5.75 Å². The third-order valence-corrected chi connectivity index (χ3v) is 9.33. The standard InChI is InChI=1S/C33H39N3O4/c1-2-40-31(38)20-27-30-11-6-13-33(27,25-8-5-9-26(37)19-25)14-16-36(30)21-24-17-22(24)12-15-34-32(39)29-18-23-7-3-4-10-28(23)35-29/h3-5,7-10,18-20,22,24,30,35,37H,2,6,11-17,21H2,1H3,(H,34,39)/b27-20+/t22-,24+,30+,33+/m1/s1. The van der Waals surface area contributed by atoms with Gasteiger partial charge in [0.2, 0.25) is 0 Å². The van der Waals surface area contributed by atoms with Gasteiger partial charge in [-0.15, -0.1) is 0 Å². The number of fused-ring (bicyclic) bond motifs is 3. The van der Waals surface area contributed by atoms with Gasteiger partial charge in [-0.3, -0.25) is 9.69 Å². The smallest absolute Gasteiger partial charge is 0.330 e. The lowest BCUT2D eigenvalue weighted by atomic mass is 9.60. The zero-order valence-corrected chi connectivity index (χ0v) is 23.2. The highest BCUT2D eigenvalue weighted by Gasteiger charge is 2.50. The Kier molecular flexibility index (Phi) is 7.41. The van der Waals surface area contributed by atoms with Gasteiger partial charge in [-0.2, -0.15) is 0 Å². The molecule has 1 aromatic heterocycles. The van der Waals surface area contributed by atoms with E-state index >= 15 is 0 Å². The number of nitrogens with zero attached hydrogens (tertiary/aromatic N) is 1. The first-order chi connectivity index (χ1) is 19.5. The number of aromatic amines is 1. The molecule has 210 valence electrons. The molecule has 3 aromatic rings. The number of esters is 1. The molecule has 3 aliphatic rings. The number of hydrogen-bond donors (Lipinski definition) is 3. The van der Waals surface area contributed by atoms with Crippen LogP contribution < -0.4 is 5.32 Å². The second-order valence-corrected chi connectivity index (χ2v) is 11.7. The summed E-state index contributed by atoms with van der Waals surface area (Å²) in [5.41, 5.74) is 3.60. The van der Waals surface area contributed by atoms with Crippen LogP contribution in [0.25, 0.3) is 10.9 Å². The predicted octanol–water partition coefficient (Wildman–Crippen LogP) is 5.32. The number of hydrogen-bond acceptors (Lipinski definition) is 5. The lowest BCUT2D eigenvalue weighted by Gasteiger charge is -2.53. The molecule has 0 spiro atoms. The van der Waals surface area contributed by atoms with Gasteiger partial charge < -0.3 is 20.1 Å². The zero-order valence-electron chi connectivity index (χ0n) is 23.2. The molecule has 0 radical (unpaired) electrons. The Morgan fingerprint density at radius 1 is 1.15 bits per heavy atom. The van der Waals surface area contributed by atoms with Crippen LogP contribution in [0, 0.1) is 11.8 Å². The molecule has 4 atom stereocenters. The number of rotatable bonds is 9. The van der Waals surface area contributed by atoms with E-state index in [4.69, 9.17) is 4.74 Å². The van der Waals surface area contributed by atoms with Gasteiger partial charge in [0.15, 0.2) is 0 Å². The maximum Gasteiger partial charge on any atom is 0.330 e. The molecule has 40 heavy (non-hydrogen) atoms. The monoisotopic (exact) mass is 541 g/mol. The summed E-state index contributed by atoms with van der Waals surface area (Å²) in [6.07, 6.45) is 7.94. The largest absolute Gasteiger partial charge is 0.508 e. The van der Waals surface area contributed by atoms with E-state index < -0.39 is 0 Å². The topological polar surface area (TPSA) is 94.7 Å². The highest BCUT2D eigenvalue weighted by Crippen LogP contribution is 2.52. The number of nitrogens with one attached hydrogen (secondary N) is 2. The van der Waals surface area contributed by atoms with Crippen molar-refractivity contribution in [2.24, 2.45) is 11.8 Å². The fourth-order valence-corrected chi connectivity index (χ4v) is 7.23. The quantitative estimate of drug-likeness (QED) is 0.252. The van der Waals surface area contributed by atoms with E-state index in [2.05, 4.69) is 21.3 Å². The molecule has 1 saturated heterocycles. The van der Waals surface area contributed by atoms with Gasteiger partial charge in [0.1, 0.15) is 11.4 Å². The van der Waals surface area contributed by atoms with Crippen LogP contribution >= 0.6 is 0 Å². The number of carbonyl (C=O) groups is 2. The first-order valence-corrected chi connectivity index (χ1v) is 14.7. The summed E-state index contributed by atoms with van der Waals surface area (Å²) >= 11 is 0. The molecule has 3 fully saturated rings. The summed E-state index contributed by atoms with van der Waals surface area (Å²) in [6.45, 7) is 4.86. The number of ether oxygens (including phenoxy) is 1. The summed E-state index contributed by atoms with van der Waals surface area (Å²) in [6, 6.07) is 17.6. The molecule has 2 aromatic carbocycles. The number of phenolic OH excluding ortho intramolecular Hbond substituents is 1. The average Bonchev–Trinajstić information content (AvgIpc) is 3.52. The number of likely N-dealkylation sites (tertiary alicyclic amines) is 1. The van der Waals surface area contributed by atoms with Crippen LogP contribution in [-0.2, 0) is 14.9 Å². The first-order valence-electron chi connectivity index (χ1n) is 14.7. The van der Waals surface area contributed by atoms with Crippen molar-refractivity contribution < 1.29 is 19.4 Å². The maximum atomic E-state index is 12.7. The van der Waals surface area contributed by atoms with Crippen molar-refractivity contribution in [2.45, 2.75) is 56.9 Å². The molecular formula is C33H39N3O4. The molecular weight excluding hydrogens is 502 g/mol. The second-order valence-electron chi connectivity index (χ2n) is 11.7. The van der Waals surface area contributed by atoms with Crippen molar-refractivity contribution in [3.05, 3.63) is 77.5 Å². The molecule has 3 N–H and O–H groups in total. The predicted molar refractivity (Wildman–Crippen MR) is 155 cm³/mol. The Balaban J connectivity index is 1.09. The number of piperidine rings is 1. The zero-order chi connectivity index (χ0) is 27.7. The second kappa shape index (κ2) is 11.1. The van der Waals surface area contributed by atoms with Crippen molar-refractivity contribution in [3.63, 3.8) is 0 Å². The van der Waals surface area contributed by atoms with E-state index in [-0.39, 0.29) is 29.1 Å². The Morgan fingerprint density at radius 2 is 2.02 bits per heavy atom. The Morgan fingerprint density at radius 3 is 2.85 bits per heavy atom. The number of para-hydroxylation sites is 1. The van der Waals surface area contributed by atoms with Crippen LogP contribution in [0.15, 0.2) is 66.2 Å². The van der Waals surface area contributed by atoms with Gasteiger partial charge in [0, 0.05) is 41.5 Å². The highest BCUT2D eigenvalue weighted by atomic mass is 16.5. The fourth-order valence-electron chi connectivity index (χ4n) is 7.23. The van der Waals surface area contributed by atoms with E-state index in [0.717, 1.165) is 67.2 Å². The number of aromatic hydroxyl groups is 1. The summed E-state index contributed by atoms with van der Waals surface area (Å²) in [4.78, 5) is 31.1. The Bertz CT molecular complexity index is 1390. The van der Waals surface area contributed by atoms with Gasteiger partial charge in [0.05, 0.1) is 6.61 Å². The van der Waals surface area contributed by atoms with Crippen molar-refractivity contribution >= 4 is 22.8 Å². The summed E-state index contributed by atoms with van der Waals surface area (Å²) in [7, 11) is 0. The highest BCUT2D eigenvalue weighted by molar-refractivity contribution is 5.97. The molecule has 1 aliphatic heterocycles. The minimum atomic E-state index is -0.272. The maximum absolute atomic E-state index is 12.7. The number of amides is 1. The van der Waals surface area contributed by atoms with Gasteiger partial charge in [-0.25, -0.2) is 4.79 Å². The van der Waals surface area contributed by atoms with Crippen LogP contribution in [0.3, 0.4) is 0 Å². The number of aromatic nitrogens is 1. The third kappa shape index (κ3) is 5.27.